The van der Waals surface area contributed by atoms with E-state index in [2.05, 4.69) is 27.2 Å². The Labute approximate surface area is 167 Å². The normalized spacial score (nSPS) is 15.2. The van der Waals surface area contributed by atoms with Crippen LogP contribution in [0, 0.1) is 0 Å². The lowest BCUT2D eigenvalue weighted by Gasteiger charge is -2.31. The summed E-state index contributed by atoms with van der Waals surface area (Å²) in [6.45, 7) is 1.55. The first-order valence-corrected chi connectivity index (χ1v) is 10.3. The van der Waals surface area contributed by atoms with Crippen LogP contribution >= 0.6 is 11.3 Å². The van der Waals surface area contributed by atoms with Crippen molar-refractivity contribution >= 4 is 28.3 Å². The number of fused-ring (bicyclic) bond motifs is 1. The predicted octanol–water partition coefficient (Wildman–Crippen LogP) is 4.71. The number of hydrogen-bond donors (Lipinski definition) is 1. The zero-order valence-electron chi connectivity index (χ0n) is 15.3. The molecule has 0 spiro atoms. The first kappa shape index (κ1) is 17.1. The molecule has 1 aliphatic heterocycles. The Morgan fingerprint density at radius 2 is 1.89 bits per heavy atom. The van der Waals surface area contributed by atoms with E-state index in [1.807, 2.05) is 47.5 Å². The number of hydrogen-bond acceptors (Lipinski definition) is 4. The van der Waals surface area contributed by atoms with Crippen molar-refractivity contribution in [3.05, 3.63) is 71.5 Å². The Morgan fingerprint density at radius 1 is 1.07 bits per heavy atom. The van der Waals surface area contributed by atoms with Crippen molar-refractivity contribution in [3.8, 4) is 10.6 Å². The molecular weight excluding hydrogens is 368 g/mol. The number of benzene rings is 1. The Bertz CT molecular complexity index is 1110. The van der Waals surface area contributed by atoms with Crippen molar-refractivity contribution < 1.29 is 4.79 Å². The fourth-order valence-corrected chi connectivity index (χ4v) is 4.84. The van der Waals surface area contributed by atoms with Crippen molar-refractivity contribution in [3.63, 3.8) is 0 Å². The number of piperidine rings is 1. The summed E-state index contributed by atoms with van der Waals surface area (Å²) in [6.07, 6.45) is 7.54. The summed E-state index contributed by atoms with van der Waals surface area (Å²) >= 11 is 1.47. The summed E-state index contributed by atoms with van der Waals surface area (Å²) in [4.78, 5) is 27.7. The van der Waals surface area contributed by atoms with Crippen LogP contribution in [0.2, 0.25) is 0 Å². The van der Waals surface area contributed by atoms with Gasteiger partial charge in [-0.05, 0) is 36.5 Å². The summed E-state index contributed by atoms with van der Waals surface area (Å²) in [5.41, 5.74) is 3.31. The van der Waals surface area contributed by atoms with Gasteiger partial charge in [-0.1, -0.05) is 30.3 Å². The Hall–Kier alpha value is -2.99. The summed E-state index contributed by atoms with van der Waals surface area (Å²) in [5, 5.41) is 2.09. The van der Waals surface area contributed by atoms with Crippen LogP contribution in [-0.4, -0.2) is 38.8 Å². The molecule has 1 aromatic carbocycles. The summed E-state index contributed by atoms with van der Waals surface area (Å²) in [6, 6.07) is 14.1. The molecule has 1 N–H and O–H groups in total. The van der Waals surface area contributed by atoms with Crippen LogP contribution in [0.1, 0.15) is 34.0 Å². The van der Waals surface area contributed by atoms with Gasteiger partial charge in [0.2, 0.25) is 0 Å². The smallest absolute Gasteiger partial charge is 0.265 e. The standard InChI is InChI=1S/C22H20N4OS/c27-22(19-14-25-21(28-19)16-5-2-1-3-6-16)26-11-8-15(9-12-26)18-13-24-20-17(18)7-4-10-23-20/h1-7,10,13-15H,8-9,11-12H2,(H,23,24). The Morgan fingerprint density at radius 3 is 2.71 bits per heavy atom. The first-order chi connectivity index (χ1) is 13.8. The second-order valence-corrected chi connectivity index (χ2v) is 8.14. The van der Waals surface area contributed by atoms with Gasteiger partial charge in [0, 0.05) is 36.4 Å². The molecule has 5 rings (SSSR count). The average molecular weight is 388 g/mol. The van der Waals surface area contributed by atoms with Crippen LogP contribution in [0.15, 0.2) is 61.1 Å². The van der Waals surface area contributed by atoms with E-state index in [0.717, 1.165) is 42.1 Å². The van der Waals surface area contributed by atoms with Crippen LogP contribution in [0.3, 0.4) is 0 Å². The lowest BCUT2D eigenvalue weighted by molar-refractivity contribution is 0.0718. The van der Waals surface area contributed by atoms with Crippen LogP contribution in [-0.2, 0) is 0 Å². The zero-order valence-corrected chi connectivity index (χ0v) is 16.2. The van der Waals surface area contributed by atoms with E-state index in [9.17, 15) is 4.79 Å². The first-order valence-electron chi connectivity index (χ1n) is 9.52. The molecule has 6 heteroatoms. The number of nitrogens with zero attached hydrogens (tertiary/aromatic N) is 3. The molecule has 1 saturated heterocycles. The van der Waals surface area contributed by atoms with E-state index in [0.29, 0.717) is 10.8 Å². The number of nitrogens with one attached hydrogen (secondary N) is 1. The fourth-order valence-electron chi connectivity index (χ4n) is 3.95. The largest absolute Gasteiger partial charge is 0.346 e. The van der Waals surface area contributed by atoms with Gasteiger partial charge in [0.25, 0.3) is 5.91 Å². The van der Waals surface area contributed by atoms with Gasteiger partial charge in [-0.15, -0.1) is 11.3 Å². The van der Waals surface area contributed by atoms with Gasteiger partial charge in [0.15, 0.2) is 0 Å². The Balaban J connectivity index is 1.28. The summed E-state index contributed by atoms with van der Waals surface area (Å²) in [7, 11) is 0. The van der Waals surface area contributed by atoms with Crippen molar-refractivity contribution in [2.75, 3.05) is 13.1 Å². The average Bonchev–Trinajstić information content (AvgIpc) is 3.42. The predicted molar refractivity (Wildman–Crippen MR) is 112 cm³/mol. The number of carbonyl (C=O) groups is 1. The number of amides is 1. The van der Waals surface area contributed by atoms with Crippen molar-refractivity contribution in [1.82, 2.24) is 19.9 Å². The molecule has 4 heterocycles. The molecule has 3 aromatic heterocycles. The SMILES string of the molecule is O=C(c1cnc(-c2ccccc2)s1)N1CCC(c2c[nH]c3ncccc23)CC1. The highest BCUT2D eigenvalue weighted by atomic mass is 32.1. The number of aromatic amines is 1. The lowest BCUT2D eigenvalue weighted by Crippen LogP contribution is -2.37. The maximum atomic E-state index is 12.9. The van der Waals surface area contributed by atoms with E-state index in [1.54, 1.807) is 6.20 Å². The molecule has 0 unspecified atom stereocenters. The molecule has 140 valence electrons. The number of carbonyl (C=O) groups excluding carboxylic acids is 1. The highest BCUT2D eigenvalue weighted by molar-refractivity contribution is 7.16. The van der Waals surface area contributed by atoms with Crippen LogP contribution in [0.5, 0.6) is 0 Å². The molecular formula is C22H20N4OS. The third-order valence-electron chi connectivity index (χ3n) is 5.44. The molecule has 4 aromatic rings. The third kappa shape index (κ3) is 3.10. The maximum Gasteiger partial charge on any atom is 0.265 e. The molecule has 0 bridgehead atoms. The number of H-pyrrole nitrogens is 1. The van der Waals surface area contributed by atoms with Gasteiger partial charge in [0.1, 0.15) is 15.5 Å². The van der Waals surface area contributed by atoms with E-state index in [1.165, 1.54) is 22.3 Å². The molecule has 0 aliphatic carbocycles. The van der Waals surface area contributed by atoms with E-state index < -0.39 is 0 Å². The van der Waals surface area contributed by atoms with E-state index >= 15 is 0 Å². The molecule has 0 radical (unpaired) electrons. The van der Waals surface area contributed by atoms with Gasteiger partial charge in [-0.2, -0.15) is 0 Å². The molecule has 1 amide bonds. The van der Waals surface area contributed by atoms with Crippen molar-refractivity contribution in [1.29, 1.82) is 0 Å². The molecule has 1 fully saturated rings. The number of rotatable bonds is 3. The monoisotopic (exact) mass is 388 g/mol. The highest BCUT2D eigenvalue weighted by Gasteiger charge is 2.27. The minimum absolute atomic E-state index is 0.0960. The van der Waals surface area contributed by atoms with Gasteiger partial charge in [-0.3, -0.25) is 4.79 Å². The molecule has 1 aliphatic rings. The second kappa shape index (κ2) is 7.20. The number of thiazole rings is 1. The van der Waals surface area contributed by atoms with E-state index in [4.69, 9.17) is 0 Å². The maximum absolute atomic E-state index is 12.9. The highest BCUT2D eigenvalue weighted by Crippen LogP contribution is 2.33. The van der Waals surface area contributed by atoms with Crippen LogP contribution < -0.4 is 0 Å². The number of likely N-dealkylation sites (tertiary alicyclic amines) is 1. The van der Waals surface area contributed by atoms with Gasteiger partial charge in [-0.25, -0.2) is 9.97 Å². The number of aromatic nitrogens is 3. The topological polar surface area (TPSA) is 61.9 Å². The molecule has 0 atom stereocenters. The molecule has 5 nitrogen and oxygen atoms in total. The summed E-state index contributed by atoms with van der Waals surface area (Å²) < 4.78 is 0. The number of pyridine rings is 1. The van der Waals surface area contributed by atoms with Crippen LogP contribution in [0.25, 0.3) is 21.6 Å². The third-order valence-corrected chi connectivity index (χ3v) is 6.48. The Kier molecular flexibility index (Phi) is 4.41. The zero-order chi connectivity index (χ0) is 18.9. The van der Waals surface area contributed by atoms with E-state index in [-0.39, 0.29) is 5.91 Å². The minimum atomic E-state index is 0.0960. The lowest BCUT2D eigenvalue weighted by atomic mass is 9.89. The molecule has 28 heavy (non-hydrogen) atoms. The van der Waals surface area contributed by atoms with Crippen LogP contribution in [0.4, 0.5) is 0 Å². The quantitative estimate of drug-likeness (QED) is 0.553. The minimum Gasteiger partial charge on any atom is -0.346 e. The second-order valence-electron chi connectivity index (χ2n) is 7.11. The molecule has 0 saturated carbocycles. The summed E-state index contributed by atoms with van der Waals surface area (Å²) in [5.74, 6) is 0.557. The van der Waals surface area contributed by atoms with Gasteiger partial charge >= 0.3 is 0 Å². The fraction of sp³-hybridized carbons (Fsp3) is 0.227. The van der Waals surface area contributed by atoms with Gasteiger partial charge < -0.3 is 9.88 Å². The van der Waals surface area contributed by atoms with Crippen molar-refractivity contribution in [2.24, 2.45) is 0 Å². The van der Waals surface area contributed by atoms with Gasteiger partial charge in [0.05, 0.1) is 6.20 Å². The van der Waals surface area contributed by atoms with Crippen molar-refractivity contribution in [2.45, 2.75) is 18.8 Å².